The van der Waals surface area contributed by atoms with Crippen LogP contribution in [0, 0.1) is 5.92 Å². The number of aliphatic imine (C=N–C) groups is 1. The number of nitrogens with zero attached hydrogens (tertiary/aromatic N) is 1. The number of amides is 1. The number of ether oxygens (including phenoxy) is 1. The van der Waals surface area contributed by atoms with E-state index in [1.165, 1.54) is 5.56 Å². The quantitative estimate of drug-likeness (QED) is 0.233. The Morgan fingerprint density at radius 2 is 1.79 bits per heavy atom. The molecule has 1 aromatic rings. The minimum Gasteiger partial charge on any atom is -0.378 e. The van der Waals surface area contributed by atoms with Gasteiger partial charge in [-0.1, -0.05) is 44.2 Å². The maximum absolute atomic E-state index is 12.0. The van der Waals surface area contributed by atoms with E-state index in [0.717, 1.165) is 32.5 Å². The molecule has 0 fully saturated rings. The first kappa shape index (κ1) is 26.6. The second-order valence-corrected chi connectivity index (χ2v) is 6.73. The minimum absolute atomic E-state index is 0. The zero-order chi connectivity index (χ0) is 19.9. The first-order chi connectivity index (χ1) is 13.1. The van der Waals surface area contributed by atoms with Gasteiger partial charge in [-0.2, -0.15) is 0 Å². The number of carbonyl (C=O) groups excluding carboxylic acids is 1. The molecule has 6 nitrogen and oxygen atoms in total. The Labute approximate surface area is 187 Å². The summed E-state index contributed by atoms with van der Waals surface area (Å²) in [5, 5.41) is 9.37. The third kappa shape index (κ3) is 12.2. The molecular weight excluding hydrogens is 467 g/mol. The summed E-state index contributed by atoms with van der Waals surface area (Å²) >= 11 is 0. The van der Waals surface area contributed by atoms with Crippen molar-refractivity contribution in [3.05, 3.63) is 35.9 Å². The summed E-state index contributed by atoms with van der Waals surface area (Å²) in [7, 11) is 0. The van der Waals surface area contributed by atoms with Gasteiger partial charge in [0.05, 0.1) is 6.10 Å². The van der Waals surface area contributed by atoms with Gasteiger partial charge in [-0.3, -0.25) is 4.79 Å². The maximum atomic E-state index is 12.0. The molecular formula is C21H37IN4O2. The number of halogens is 1. The fraction of sp³-hybridized carbons (Fsp3) is 0.619. The van der Waals surface area contributed by atoms with Crippen LogP contribution in [0.4, 0.5) is 0 Å². The van der Waals surface area contributed by atoms with Crippen molar-refractivity contribution in [2.24, 2.45) is 10.9 Å². The fourth-order valence-electron chi connectivity index (χ4n) is 2.70. The lowest BCUT2D eigenvalue weighted by Gasteiger charge is -2.21. The largest absolute Gasteiger partial charge is 0.378 e. The highest BCUT2D eigenvalue weighted by Crippen LogP contribution is 2.09. The summed E-state index contributed by atoms with van der Waals surface area (Å²) in [6.07, 6.45) is 1.95. The van der Waals surface area contributed by atoms with Crippen LogP contribution in [0.2, 0.25) is 0 Å². The molecule has 1 atom stereocenters. The molecule has 7 heteroatoms. The van der Waals surface area contributed by atoms with E-state index >= 15 is 0 Å². The molecule has 0 radical (unpaired) electrons. The van der Waals surface area contributed by atoms with Crippen LogP contribution in [0.5, 0.6) is 0 Å². The Bertz CT molecular complexity index is 553. The molecule has 0 aromatic heterocycles. The van der Waals surface area contributed by atoms with E-state index in [1.54, 1.807) is 0 Å². The molecule has 1 aromatic carbocycles. The molecule has 0 saturated heterocycles. The van der Waals surface area contributed by atoms with E-state index in [0.29, 0.717) is 18.4 Å². The lowest BCUT2D eigenvalue weighted by Crippen LogP contribution is -2.40. The number of guanidine groups is 1. The van der Waals surface area contributed by atoms with Crippen molar-refractivity contribution in [1.29, 1.82) is 0 Å². The molecule has 28 heavy (non-hydrogen) atoms. The van der Waals surface area contributed by atoms with Crippen LogP contribution in [0.25, 0.3) is 0 Å². The van der Waals surface area contributed by atoms with Crippen molar-refractivity contribution >= 4 is 35.8 Å². The number of hydrogen-bond acceptors (Lipinski definition) is 3. The number of nitrogens with one attached hydrogen (secondary N) is 3. The molecule has 0 aliphatic rings. The Kier molecular flexibility index (Phi) is 15.8. The van der Waals surface area contributed by atoms with E-state index in [4.69, 9.17) is 4.74 Å². The fourth-order valence-corrected chi connectivity index (χ4v) is 2.70. The van der Waals surface area contributed by atoms with Gasteiger partial charge in [0.2, 0.25) is 5.91 Å². The normalized spacial score (nSPS) is 12.2. The third-order valence-corrected chi connectivity index (χ3v) is 4.15. The highest BCUT2D eigenvalue weighted by atomic mass is 127. The van der Waals surface area contributed by atoms with Crippen LogP contribution in [-0.4, -0.2) is 50.8 Å². The first-order valence-electron chi connectivity index (χ1n) is 10.0. The number of hydrogen-bond donors (Lipinski definition) is 3. The zero-order valence-corrected chi connectivity index (χ0v) is 20.0. The Balaban J connectivity index is 0.00000729. The van der Waals surface area contributed by atoms with Crippen molar-refractivity contribution in [2.45, 2.75) is 46.6 Å². The van der Waals surface area contributed by atoms with Gasteiger partial charge in [0, 0.05) is 26.2 Å². The Morgan fingerprint density at radius 1 is 1.07 bits per heavy atom. The average Bonchev–Trinajstić information content (AvgIpc) is 2.66. The molecule has 160 valence electrons. The van der Waals surface area contributed by atoms with Crippen LogP contribution in [0.1, 0.15) is 39.7 Å². The van der Waals surface area contributed by atoms with E-state index < -0.39 is 0 Å². The summed E-state index contributed by atoms with van der Waals surface area (Å²) in [4.78, 5) is 16.4. The summed E-state index contributed by atoms with van der Waals surface area (Å²) < 4.78 is 5.76. The van der Waals surface area contributed by atoms with Gasteiger partial charge >= 0.3 is 0 Å². The monoisotopic (exact) mass is 504 g/mol. The summed E-state index contributed by atoms with van der Waals surface area (Å²) in [6, 6.07) is 10.1. The predicted molar refractivity (Wildman–Crippen MR) is 127 cm³/mol. The second kappa shape index (κ2) is 16.6. The Hall–Kier alpha value is -1.35. The van der Waals surface area contributed by atoms with Crippen molar-refractivity contribution in [2.75, 3.05) is 32.8 Å². The lowest BCUT2D eigenvalue weighted by atomic mass is 10.0. The molecule has 0 bridgehead atoms. The second-order valence-electron chi connectivity index (χ2n) is 6.73. The van der Waals surface area contributed by atoms with Crippen LogP contribution in [0.15, 0.2) is 35.3 Å². The smallest absolute Gasteiger partial charge is 0.241 e. The van der Waals surface area contributed by atoms with Gasteiger partial charge in [-0.05, 0) is 38.2 Å². The van der Waals surface area contributed by atoms with Gasteiger partial charge in [0.25, 0.3) is 0 Å². The van der Waals surface area contributed by atoms with E-state index in [1.807, 2.05) is 32.0 Å². The average molecular weight is 504 g/mol. The third-order valence-electron chi connectivity index (χ3n) is 4.15. The van der Waals surface area contributed by atoms with Crippen LogP contribution in [0.3, 0.4) is 0 Å². The molecule has 0 aliphatic carbocycles. The molecule has 0 spiro atoms. The van der Waals surface area contributed by atoms with Crippen molar-refractivity contribution in [1.82, 2.24) is 16.0 Å². The predicted octanol–water partition coefficient (Wildman–Crippen LogP) is 2.97. The van der Waals surface area contributed by atoms with E-state index in [-0.39, 0.29) is 42.5 Å². The minimum atomic E-state index is -0.0718. The van der Waals surface area contributed by atoms with Crippen LogP contribution in [-0.2, 0) is 16.0 Å². The zero-order valence-electron chi connectivity index (χ0n) is 17.7. The molecule has 1 amide bonds. The van der Waals surface area contributed by atoms with Crippen molar-refractivity contribution in [3.8, 4) is 0 Å². The van der Waals surface area contributed by atoms with Gasteiger partial charge < -0.3 is 20.7 Å². The lowest BCUT2D eigenvalue weighted by molar-refractivity contribution is -0.119. The van der Waals surface area contributed by atoms with E-state index in [9.17, 15) is 4.79 Å². The van der Waals surface area contributed by atoms with Gasteiger partial charge in [0.1, 0.15) is 6.54 Å². The topological polar surface area (TPSA) is 74.8 Å². The van der Waals surface area contributed by atoms with Crippen molar-refractivity contribution < 1.29 is 9.53 Å². The maximum Gasteiger partial charge on any atom is 0.241 e. The molecule has 0 heterocycles. The number of carbonyl (C=O) groups is 1. The van der Waals surface area contributed by atoms with Gasteiger partial charge in [-0.15, -0.1) is 24.0 Å². The molecule has 1 unspecified atom stereocenters. The van der Waals surface area contributed by atoms with Crippen LogP contribution < -0.4 is 16.0 Å². The Morgan fingerprint density at radius 3 is 2.39 bits per heavy atom. The summed E-state index contributed by atoms with van der Waals surface area (Å²) in [5.74, 6) is 1.06. The number of benzene rings is 1. The summed E-state index contributed by atoms with van der Waals surface area (Å²) in [5.41, 5.74) is 1.21. The van der Waals surface area contributed by atoms with Gasteiger partial charge in [0.15, 0.2) is 5.96 Å². The first-order valence-corrected chi connectivity index (χ1v) is 10.0. The highest BCUT2D eigenvalue weighted by Gasteiger charge is 2.13. The summed E-state index contributed by atoms with van der Waals surface area (Å²) in [6.45, 7) is 11.3. The standard InChI is InChI=1S/C21H36N4O2.HI/c1-5-22-21(24-15-13-19(17(3)4)27-6-2)25-16-20(26)23-14-12-18-10-8-7-9-11-18;/h7-11,17,19H,5-6,12-16H2,1-4H3,(H,23,26)(H2,22,24,25);1H. The van der Waals surface area contributed by atoms with E-state index in [2.05, 4.69) is 46.9 Å². The molecule has 3 N–H and O–H groups in total. The van der Waals surface area contributed by atoms with Gasteiger partial charge in [-0.25, -0.2) is 4.99 Å². The molecule has 1 rings (SSSR count). The molecule has 0 saturated carbocycles. The SMILES string of the molecule is CCNC(=NCC(=O)NCCc1ccccc1)NCCC(OCC)C(C)C.I. The van der Waals surface area contributed by atoms with Crippen molar-refractivity contribution in [3.63, 3.8) is 0 Å². The highest BCUT2D eigenvalue weighted by molar-refractivity contribution is 14.0. The number of rotatable bonds is 12. The van der Waals surface area contributed by atoms with Crippen LogP contribution >= 0.6 is 24.0 Å². The molecule has 0 aliphatic heterocycles.